The number of halogens is 3. The number of aryl methyl sites for hydroxylation is 2. The molecule has 0 unspecified atom stereocenters. The van der Waals surface area contributed by atoms with Crippen LogP contribution in [0.5, 0.6) is 5.75 Å². The fourth-order valence-corrected chi connectivity index (χ4v) is 3.36. The Kier molecular flexibility index (Phi) is 6.59. The largest absolute Gasteiger partial charge is 0.486 e. The van der Waals surface area contributed by atoms with Gasteiger partial charge < -0.3 is 4.74 Å². The molecular formula is C22H18BrCl2NO. The summed E-state index contributed by atoms with van der Waals surface area (Å²) < 4.78 is 6.84. The van der Waals surface area contributed by atoms with E-state index in [4.69, 9.17) is 27.9 Å². The Bertz CT molecular complexity index is 961. The molecule has 0 N–H and O–H groups in total. The Balaban J connectivity index is 1.74. The van der Waals surface area contributed by atoms with Crippen molar-refractivity contribution in [2.75, 3.05) is 0 Å². The Morgan fingerprint density at radius 2 is 1.59 bits per heavy atom. The van der Waals surface area contributed by atoms with E-state index >= 15 is 0 Å². The average Bonchev–Trinajstić information content (AvgIpc) is 2.63. The molecular weight excluding hydrogens is 445 g/mol. The van der Waals surface area contributed by atoms with E-state index < -0.39 is 0 Å². The van der Waals surface area contributed by atoms with E-state index in [1.807, 2.05) is 36.4 Å². The lowest BCUT2D eigenvalue weighted by Crippen LogP contribution is -1.97. The smallest absolute Gasteiger partial charge is 0.157 e. The summed E-state index contributed by atoms with van der Waals surface area (Å²) in [5, 5.41) is 0.919. The van der Waals surface area contributed by atoms with Crippen molar-refractivity contribution < 1.29 is 4.74 Å². The Morgan fingerprint density at radius 3 is 2.22 bits per heavy atom. The summed E-state index contributed by atoms with van der Waals surface area (Å²) in [6.45, 7) is 4.54. The van der Waals surface area contributed by atoms with Crippen LogP contribution < -0.4 is 4.74 Å². The molecule has 0 bridgehead atoms. The first-order valence-electron chi connectivity index (χ1n) is 8.40. The molecule has 3 aromatic carbocycles. The first-order valence-corrected chi connectivity index (χ1v) is 9.95. The van der Waals surface area contributed by atoms with E-state index in [-0.39, 0.29) is 0 Å². The van der Waals surface area contributed by atoms with Crippen molar-refractivity contribution in [1.29, 1.82) is 0 Å². The van der Waals surface area contributed by atoms with E-state index in [0.29, 0.717) is 22.4 Å². The zero-order valence-corrected chi connectivity index (χ0v) is 18.1. The molecule has 3 rings (SSSR count). The molecule has 0 amide bonds. The van der Waals surface area contributed by atoms with Gasteiger partial charge in [-0.25, -0.2) is 0 Å². The molecule has 0 heterocycles. The second kappa shape index (κ2) is 8.92. The lowest BCUT2D eigenvalue weighted by molar-refractivity contribution is 0.306. The SMILES string of the molecule is Cc1ccc(N=Cc2cc(Cl)c(OCc3ccc(Br)cc3)c(Cl)c2)cc1C. The number of hydrogen-bond acceptors (Lipinski definition) is 2. The summed E-state index contributed by atoms with van der Waals surface area (Å²) >= 11 is 16.2. The molecule has 0 radical (unpaired) electrons. The number of hydrogen-bond donors (Lipinski definition) is 0. The van der Waals surface area contributed by atoms with Crippen molar-refractivity contribution in [3.63, 3.8) is 0 Å². The quantitative estimate of drug-likeness (QED) is 0.356. The summed E-state index contributed by atoms with van der Waals surface area (Å²) in [5.41, 5.74) is 5.19. The zero-order valence-electron chi connectivity index (χ0n) is 15.0. The molecule has 0 aliphatic rings. The number of aliphatic imine (C=N–C) groups is 1. The highest BCUT2D eigenvalue weighted by Gasteiger charge is 2.10. The zero-order chi connectivity index (χ0) is 19.4. The van der Waals surface area contributed by atoms with Gasteiger partial charge in [0.25, 0.3) is 0 Å². The fraction of sp³-hybridized carbons (Fsp3) is 0.136. The van der Waals surface area contributed by atoms with Crippen LogP contribution in [0.1, 0.15) is 22.3 Å². The van der Waals surface area contributed by atoms with E-state index in [2.05, 4.69) is 40.8 Å². The van der Waals surface area contributed by atoms with Crippen LogP contribution in [0.3, 0.4) is 0 Å². The van der Waals surface area contributed by atoms with Crippen molar-refractivity contribution in [1.82, 2.24) is 0 Å². The van der Waals surface area contributed by atoms with E-state index in [0.717, 1.165) is 21.3 Å². The van der Waals surface area contributed by atoms with Gasteiger partial charge in [0.15, 0.2) is 5.75 Å². The molecule has 0 fully saturated rings. The van der Waals surface area contributed by atoms with Gasteiger partial charge in [0.2, 0.25) is 0 Å². The topological polar surface area (TPSA) is 21.6 Å². The van der Waals surface area contributed by atoms with E-state index in [9.17, 15) is 0 Å². The monoisotopic (exact) mass is 461 g/mol. The predicted molar refractivity (Wildman–Crippen MR) is 118 cm³/mol. The Morgan fingerprint density at radius 1 is 0.926 bits per heavy atom. The molecule has 27 heavy (non-hydrogen) atoms. The number of nitrogens with zero attached hydrogens (tertiary/aromatic N) is 1. The van der Waals surface area contributed by atoms with Crippen LogP contribution in [0, 0.1) is 13.8 Å². The van der Waals surface area contributed by atoms with Gasteiger partial charge in [0.05, 0.1) is 15.7 Å². The molecule has 0 saturated heterocycles. The second-order valence-electron chi connectivity index (χ2n) is 6.26. The fourth-order valence-electron chi connectivity index (χ4n) is 2.48. The van der Waals surface area contributed by atoms with Crippen LogP contribution in [-0.4, -0.2) is 6.21 Å². The Labute approximate surface area is 177 Å². The number of ether oxygens (including phenoxy) is 1. The standard InChI is InChI=1S/C22H18BrCl2NO/c1-14-3-8-19(9-15(14)2)26-12-17-10-20(24)22(21(25)11-17)27-13-16-4-6-18(23)7-5-16/h3-12H,13H2,1-2H3. The summed E-state index contributed by atoms with van der Waals surface area (Å²) in [7, 11) is 0. The average molecular weight is 463 g/mol. The first-order chi connectivity index (χ1) is 12.9. The second-order valence-corrected chi connectivity index (χ2v) is 7.99. The van der Waals surface area contributed by atoms with Gasteiger partial charge >= 0.3 is 0 Å². The third-order valence-corrected chi connectivity index (χ3v) is 5.26. The Hall–Kier alpha value is -1.81. The molecule has 138 valence electrons. The first kappa shape index (κ1) is 19.9. The van der Waals surface area contributed by atoms with Gasteiger partial charge in [-0.3, -0.25) is 4.99 Å². The highest BCUT2D eigenvalue weighted by Crippen LogP contribution is 2.34. The van der Waals surface area contributed by atoms with Gasteiger partial charge in [-0.1, -0.05) is 57.3 Å². The minimum Gasteiger partial charge on any atom is -0.486 e. The summed E-state index contributed by atoms with van der Waals surface area (Å²) in [6.07, 6.45) is 1.75. The van der Waals surface area contributed by atoms with Crippen LogP contribution in [0.2, 0.25) is 10.0 Å². The minimum absolute atomic E-state index is 0.392. The molecule has 0 atom stereocenters. The third kappa shape index (κ3) is 5.35. The maximum absolute atomic E-state index is 6.38. The lowest BCUT2D eigenvalue weighted by Gasteiger charge is -2.11. The van der Waals surface area contributed by atoms with Gasteiger partial charge in [-0.2, -0.15) is 0 Å². The van der Waals surface area contributed by atoms with Crippen molar-refractivity contribution in [3.8, 4) is 5.75 Å². The molecule has 2 nitrogen and oxygen atoms in total. The minimum atomic E-state index is 0.392. The molecule has 0 saturated carbocycles. The molecule has 5 heteroatoms. The molecule has 0 aliphatic heterocycles. The van der Waals surface area contributed by atoms with Crippen LogP contribution in [0.15, 0.2) is 64.1 Å². The third-order valence-electron chi connectivity index (χ3n) is 4.17. The van der Waals surface area contributed by atoms with Crippen molar-refractivity contribution >= 4 is 51.0 Å². The molecule has 3 aromatic rings. The predicted octanol–water partition coefficient (Wildman–Crippen LogP) is 7.70. The maximum Gasteiger partial charge on any atom is 0.157 e. The molecule has 0 aromatic heterocycles. The highest BCUT2D eigenvalue weighted by molar-refractivity contribution is 9.10. The summed E-state index contributed by atoms with van der Waals surface area (Å²) in [6, 6.07) is 17.6. The van der Waals surface area contributed by atoms with Crippen LogP contribution >= 0.6 is 39.1 Å². The molecule has 0 spiro atoms. The summed E-state index contributed by atoms with van der Waals surface area (Å²) in [4.78, 5) is 4.50. The maximum atomic E-state index is 6.38. The van der Waals surface area contributed by atoms with Gasteiger partial charge in [0.1, 0.15) is 6.61 Å². The highest BCUT2D eigenvalue weighted by atomic mass is 79.9. The van der Waals surface area contributed by atoms with Crippen molar-refractivity contribution in [2.45, 2.75) is 20.5 Å². The van der Waals surface area contributed by atoms with Gasteiger partial charge in [-0.15, -0.1) is 0 Å². The molecule has 0 aliphatic carbocycles. The van der Waals surface area contributed by atoms with Crippen LogP contribution in [-0.2, 0) is 6.61 Å². The van der Waals surface area contributed by atoms with Crippen molar-refractivity contribution in [2.24, 2.45) is 4.99 Å². The van der Waals surface area contributed by atoms with Crippen LogP contribution in [0.25, 0.3) is 0 Å². The van der Waals surface area contributed by atoms with E-state index in [1.54, 1.807) is 18.3 Å². The van der Waals surface area contributed by atoms with E-state index in [1.165, 1.54) is 11.1 Å². The van der Waals surface area contributed by atoms with Gasteiger partial charge in [0, 0.05) is 10.7 Å². The lowest BCUT2D eigenvalue weighted by atomic mass is 10.1. The normalized spacial score (nSPS) is 11.1. The van der Waals surface area contributed by atoms with Gasteiger partial charge in [-0.05, 0) is 72.5 Å². The number of benzene rings is 3. The van der Waals surface area contributed by atoms with Crippen molar-refractivity contribution in [3.05, 3.63) is 91.4 Å². The van der Waals surface area contributed by atoms with Crippen LogP contribution in [0.4, 0.5) is 5.69 Å². The summed E-state index contributed by atoms with van der Waals surface area (Å²) in [5.74, 6) is 0.476. The number of rotatable bonds is 5.